The molecule has 4 rings (SSSR count). The van der Waals surface area contributed by atoms with E-state index in [0.29, 0.717) is 22.8 Å². The first-order valence-electron chi connectivity index (χ1n) is 9.96. The number of ether oxygens (including phenoxy) is 1. The molecule has 0 bridgehead atoms. The maximum Gasteiger partial charge on any atom is 0.335 e. The van der Waals surface area contributed by atoms with E-state index in [9.17, 15) is 18.3 Å². The summed E-state index contributed by atoms with van der Waals surface area (Å²) in [6, 6.07) is 8.94. The number of carboxylic acid groups (broad SMARTS) is 1. The monoisotopic (exact) mass is 458 g/mol. The van der Waals surface area contributed by atoms with Crippen molar-refractivity contribution < 1.29 is 23.1 Å². The number of aromatic amines is 1. The van der Waals surface area contributed by atoms with Crippen LogP contribution in [0.1, 0.15) is 29.6 Å². The predicted octanol–water partition coefficient (Wildman–Crippen LogP) is 2.36. The van der Waals surface area contributed by atoms with Gasteiger partial charge in [0.15, 0.2) is 0 Å². The van der Waals surface area contributed by atoms with E-state index < -0.39 is 16.0 Å². The van der Waals surface area contributed by atoms with Gasteiger partial charge in [-0.25, -0.2) is 13.2 Å². The number of benzene rings is 2. The molecular weight excluding hydrogens is 436 g/mol. The molecule has 0 amide bonds. The van der Waals surface area contributed by atoms with Gasteiger partial charge in [0, 0.05) is 18.7 Å². The second kappa shape index (κ2) is 8.83. The number of carboxylic acids is 1. The summed E-state index contributed by atoms with van der Waals surface area (Å²) < 4.78 is 34.5. The smallest absolute Gasteiger partial charge is 0.335 e. The highest BCUT2D eigenvalue weighted by Crippen LogP contribution is 2.35. The number of anilines is 2. The molecule has 1 fully saturated rings. The van der Waals surface area contributed by atoms with Gasteiger partial charge < -0.3 is 14.7 Å². The average molecular weight is 459 g/mol. The van der Waals surface area contributed by atoms with Crippen LogP contribution in [0.3, 0.4) is 0 Å². The highest BCUT2D eigenvalue weighted by atomic mass is 32.2. The lowest BCUT2D eigenvalue weighted by Gasteiger charge is -2.31. The molecule has 1 saturated heterocycles. The number of hydrogen-bond donors (Lipinski definition) is 3. The molecule has 2 aromatic carbocycles. The van der Waals surface area contributed by atoms with E-state index in [4.69, 9.17) is 4.74 Å². The van der Waals surface area contributed by atoms with Gasteiger partial charge in [0.1, 0.15) is 10.6 Å². The molecule has 0 radical (unpaired) electrons. The zero-order valence-electron chi connectivity index (χ0n) is 17.3. The first-order chi connectivity index (χ1) is 15.4. The van der Waals surface area contributed by atoms with Crippen LogP contribution in [0, 0.1) is 0 Å². The topological polar surface area (TPSA) is 150 Å². The molecule has 0 atom stereocenters. The van der Waals surface area contributed by atoms with Crippen LogP contribution in [0.4, 0.5) is 11.4 Å². The van der Waals surface area contributed by atoms with Crippen LogP contribution in [0.2, 0.25) is 0 Å². The van der Waals surface area contributed by atoms with Gasteiger partial charge in [-0.15, -0.1) is 10.2 Å². The van der Waals surface area contributed by atoms with E-state index in [2.05, 4.69) is 30.2 Å². The quantitative estimate of drug-likeness (QED) is 0.485. The van der Waals surface area contributed by atoms with Gasteiger partial charge in [0.2, 0.25) is 5.82 Å². The fraction of sp³-hybridized carbons (Fsp3) is 0.300. The SMILES string of the molecule is COc1ccc(C(=O)O)cc1S(=O)(=O)Nc1cc(-c2nn[nH]n2)ccc1N1CCCCC1. The molecule has 1 aromatic heterocycles. The average Bonchev–Trinajstić information content (AvgIpc) is 3.34. The van der Waals surface area contributed by atoms with Gasteiger partial charge in [-0.3, -0.25) is 4.72 Å². The molecule has 11 nitrogen and oxygen atoms in total. The number of methoxy groups -OCH3 is 1. The summed E-state index contributed by atoms with van der Waals surface area (Å²) in [5.74, 6) is -0.880. The summed E-state index contributed by atoms with van der Waals surface area (Å²) in [6.07, 6.45) is 3.14. The Morgan fingerprint density at radius 3 is 2.59 bits per heavy atom. The van der Waals surface area contributed by atoms with Gasteiger partial charge >= 0.3 is 5.97 Å². The van der Waals surface area contributed by atoms with E-state index >= 15 is 0 Å². The molecule has 3 aromatic rings. The largest absolute Gasteiger partial charge is 0.495 e. The van der Waals surface area contributed by atoms with Crippen molar-refractivity contribution in [2.24, 2.45) is 0 Å². The van der Waals surface area contributed by atoms with Crippen molar-refractivity contribution in [3.05, 3.63) is 42.0 Å². The molecule has 2 heterocycles. The minimum Gasteiger partial charge on any atom is -0.495 e. The number of carbonyl (C=O) groups is 1. The van der Waals surface area contributed by atoms with E-state index in [-0.39, 0.29) is 16.2 Å². The van der Waals surface area contributed by atoms with Crippen LogP contribution < -0.4 is 14.4 Å². The number of rotatable bonds is 7. The van der Waals surface area contributed by atoms with Gasteiger partial charge in [-0.05, 0) is 60.9 Å². The highest BCUT2D eigenvalue weighted by molar-refractivity contribution is 7.92. The van der Waals surface area contributed by atoms with Gasteiger partial charge in [0.05, 0.1) is 24.0 Å². The number of aromatic carboxylic acids is 1. The van der Waals surface area contributed by atoms with E-state index in [0.717, 1.165) is 38.4 Å². The van der Waals surface area contributed by atoms with Crippen molar-refractivity contribution >= 4 is 27.4 Å². The van der Waals surface area contributed by atoms with E-state index in [1.165, 1.54) is 19.2 Å². The third-order valence-corrected chi connectivity index (χ3v) is 6.63. The normalized spacial score (nSPS) is 14.2. The standard InChI is InChI=1S/C20H22N6O5S/c1-31-17-8-6-14(20(27)28)12-18(17)32(29,30)23-15-11-13(19-21-24-25-22-19)5-7-16(15)26-9-3-2-4-10-26/h5-8,11-12,23H,2-4,9-10H2,1H3,(H,27,28)(H,21,22,24,25). The molecule has 1 aliphatic heterocycles. The van der Waals surface area contributed by atoms with Crippen molar-refractivity contribution in [2.75, 3.05) is 29.8 Å². The maximum atomic E-state index is 13.3. The second-order valence-corrected chi connectivity index (χ2v) is 8.94. The number of H-pyrrole nitrogens is 1. The number of nitrogens with zero attached hydrogens (tertiary/aromatic N) is 4. The summed E-state index contributed by atoms with van der Waals surface area (Å²) in [5.41, 5.74) is 1.46. The van der Waals surface area contributed by atoms with Crippen LogP contribution in [0.15, 0.2) is 41.3 Å². The van der Waals surface area contributed by atoms with Crippen LogP contribution in [-0.2, 0) is 10.0 Å². The Morgan fingerprint density at radius 2 is 1.94 bits per heavy atom. The molecule has 168 valence electrons. The molecule has 0 aliphatic carbocycles. The second-order valence-electron chi connectivity index (χ2n) is 7.29. The molecule has 0 saturated carbocycles. The number of hydrogen-bond acceptors (Lipinski definition) is 8. The molecular formula is C20H22N6O5S. The third-order valence-electron chi connectivity index (χ3n) is 5.24. The number of aromatic nitrogens is 4. The summed E-state index contributed by atoms with van der Waals surface area (Å²) in [7, 11) is -2.86. The Balaban J connectivity index is 1.78. The van der Waals surface area contributed by atoms with Gasteiger partial charge in [-0.2, -0.15) is 5.21 Å². The number of tetrazole rings is 1. The van der Waals surface area contributed by atoms with Crippen molar-refractivity contribution in [3.63, 3.8) is 0 Å². The number of sulfonamides is 1. The molecule has 0 spiro atoms. The Labute approximate surface area is 184 Å². The van der Waals surface area contributed by atoms with Crippen LogP contribution in [0.5, 0.6) is 5.75 Å². The van der Waals surface area contributed by atoms with Crippen molar-refractivity contribution in [2.45, 2.75) is 24.2 Å². The van der Waals surface area contributed by atoms with Crippen LogP contribution >= 0.6 is 0 Å². The first-order valence-corrected chi connectivity index (χ1v) is 11.4. The molecule has 1 aliphatic rings. The molecule has 0 unspecified atom stereocenters. The number of piperidine rings is 1. The van der Waals surface area contributed by atoms with Crippen molar-refractivity contribution in [1.29, 1.82) is 0 Å². The maximum absolute atomic E-state index is 13.3. The minimum atomic E-state index is -4.19. The minimum absolute atomic E-state index is 0.0383. The van der Waals surface area contributed by atoms with E-state index in [1.54, 1.807) is 12.1 Å². The zero-order chi connectivity index (χ0) is 22.7. The van der Waals surface area contributed by atoms with Crippen LogP contribution in [0.25, 0.3) is 11.4 Å². The Kier molecular flexibility index (Phi) is 5.95. The lowest BCUT2D eigenvalue weighted by Crippen LogP contribution is -2.30. The fourth-order valence-electron chi connectivity index (χ4n) is 3.67. The summed E-state index contributed by atoms with van der Waals surface area (Å²) in [6.45, 7) is 1.60. The molecule has 32 heavy (non-hydrogen) atoms. The lowest BCUT2D eigenvalue weighted by atomic mass is 10.1. The third kappa shape index (κ3) is 4.35. The highest BCUT2D eigenvalue weighted by Gasteiger charge is 2.25. The zero-order valence-corrected chi connectivity index (χ0v) is 18.1. The number of nitrogens with one attached hydrogen (secondary N) is 2. The first kappa shape index (κ1) is 21.6. The van der Waals surface area contributed by atoms with Gasteiger partial charge in [-0.1, -0.05) is 0 Å². The Bertz CT molecular complexity index is 1220. The summed E-state index contributed by atoms with van der Waals surface area (Å²) in [4.78, 5) is 13.2. The summed E-state index contributed by atoms with van der Waals surface area (Å²) >= 11 is 0. The Morgan fingerprint density at radius 1 is 1.16 bits per heavy atom. The van der Waals surface area contributed by atoms with Gasteiger partial charge in [0.25, 0.3) is 10.0 Å². The Hall–Kier alpha value is -3.67. The van der Waals surface area contributed by atoms with Crippen molar-refractivity contribution in [1.82, 2.24) is 20.6 Å². The van der Waals surface area contributed by atoms with Crippen molar-refractivity contribution in [3.8, 4) is 17.1 Å². The van der Waals surface area contributed by atoms with Crippen LogP contribution in [-0.4, -0.2) is 60.3 Å². The molecule has 12 heteroatoms. The summed E-state index contributed by atoms with van der Waals surface area (Å²) in [5, 5.41) is 23.2. The predicted molar refractivity (Wildman–Crippen MR) is 116 cm³/mol. The fourth-order valence-corrected chi connectivity index (χ4v) is 4.93. The lowest BCUT2D eigenvalue weighted by molar-refractivity contribution is 0.0696. The molecule has 3 N–H and O–H groups in total. The van der Waals surface area contributed by atoms with E-state index in [1.807, 2.05) is 6.07 Å².